The fourth-order valence-corrected chi connectivity index (χ4v) is 3.06. The zero-order valence-corrected chi connectivity index (χ0v) is 14.9. The van der Waals surface area contributed by atoms with Crippen molar-refractivity contribution in [2.24, 2.45) is 0 Å². The SMILES string of the molecule is O=C(O)CNC(=O)c1nc(C2CC2)c2ccc(Oc3ccccc3)cc2c1O. The molecule has 7 nitrogen and oxygen atoms in total. The van der Waals surface area contributed by atoms with Crippen LogP contribution in [0.15, 0.2) is 48.5 Å². The highest BCUT2D eigenvalue weighted by molar-refractivity contribution is 6.03. The van der Waals surface area contributed by atoms with Gasteiger partial charge in [0, 0.05) is 16.7 Å². The lowest BCUT2D eigenvalue weighted by Gasteiger charge is -2.13. The highest BCUT2D eigenvalue weighted by atomic mass is 16.5. The molecule has 1 aromatic heterocycles. The van der Waals surface area contributed by atoms with Gasteiger partial charge < -0.3 is 20.3 Å². The Balaban J connectivity index is 1.77. The van der Waals surface area contributed by atoms with E-state index < -0.39 is 18.4 Å². The number of ether oxygens (including phenoxy) is 1. The number of carboxylic acid groups (broad SMARTS) is 1. The Morgan fingerprint density at radius 1 is 1.07 bits per heavy atom. The molecule has 1 aliphatic carbocycles. The molecule has 142 valence electrons. The number of fused-ring (bicyclic) bond motifs is 1. The molecule has 3 aromatic rings. The number of aromatic nitrogens is 1. The number of amides is 1. The topological polar surface area (TPSA) is 109 Å². The van der Waals surface area contributed by atoms with E-state index in [4.69, 9.17) is 9.84 Å². The van der Waals surface area contributed by atoms with Gasteiger partial charge in [-0.1, -0.05) is 18.2 Å². The number of carboxylic acids is 1. The zero-order valence-electron chi connectivity index (χ0n) is 14.9. The van der Waals surface area contributed by atoms with E-state index in [1.807, 2.05) is 36.4 Å². The van der Waals surface area contributed by atoms with Crippen LogP contribution in [-0.4, -0.2) is 33.6 Å². The Kier molecular flexibility index (Phi) is 4.57. The molecule has 0 saturated heterocycles. The average molecular weight is 378 g/mol. The number of aromatic hydroxyl groups is 1. The summed E-state index contributed by atoms with van der Waals surface area (Å²) in [5.41, 5.74) is 0.562. The smallest absolute Gasteiger partial charge is 0.322 e. The number of para-hydroxylation sites is 1. The molecule has 0 aliphatic heterocycles. The largest absolute Gasteiger partial charge is 0.505 e. The molecule has 28 heavy (non-hydrogen) atoms. The van der Waals surface area contributed by atoms with Crippen molar-refractivity contribution in [3.8, 4) is 17.2 Å². The van der Waals surface area contributed by atoms with Crippen molar-refractivity contribution in [1.29, 1.82) is 0 Å². The van der Waals surface area contributed by atoms with Gasteiger partial charge in [-0.15, -0.1) is 0 Å². The van der Waals surface area contributed by atoms with Crippen LogP contribution in [0.2, 0.25) is 0 Å². The van der Waals surface area contributed by atoms with Gasteiger partial charge in [-0.3, -0.25) is 9.59 Å². The lowest BCUT2D eigenvalue weighted by molar-refractivity contribution is -0.135. The fraction of sp³-hybridized carbons (Fsp3) is 0.190. The predicted molar refractivity (Wildman–Crippen MR) is 102 cm³/mol. The van der Waals surface area contributed by atoms with Gasteiger partial charge in [0.1, 0.15) is 18.0 Å². The van der Waals surface area contributed by atoms with E-state index in [9.17, 15) is 14.7 Å². The number of aliphatic carboxylic acids is 1. The molecule has 2 aromatic carbocycles. The number of hydrogen-bond donors (Lipinski definition) is 3. The summed E-state index contributed by atoms with van der Waals surface area (Å²) in [7, 11) is 0. The van der Waals surface area contributed by atoms with Crippen LogP contribution in [-0.2, 0) is 4.79 Å². The van der Waals surface area contributed by atoms with E-state index in [2.05, 4.69) is 10.3 Å². The first-order valence-electron chi connectivity index (χ1n) is 8.92. The van der Waals surface area contributed by atoms with Crippen LogP contribution in [0.5, 0.6) is 17.2 Å². The summed E-state index contributed by atoms with van der Waals surface area (Å²) >= 11 is 0. The Morgan fingerprint density at radius 2 is 1.82 bits per heavy atom. The van der Waals surface area contributed by atoms with Gasteiger partial charge >= 0.3 is 5.97 Å². The molecular weight excluding hydrogens is 360 g/mol. The molecule has 4 rings (SSSR count). The predicted octanol–water partition coefficient (Wildman–Crippen LogP) is 3.42. The number of carbonyl (C=O) groups is 2. The average Bonchev–Trinajstić information content (AvgIpc) is 3.53. The van der Waals surface area contributed by atoms with Gasteiger partial charge in [0.25, 0.3) is 5.91 Å². The number of pyridine rings is 1. The molecule has 1 amide bonds. The zero-order chi connectivity index (χ0) is 19.7. The van der Waals surface area contributed by atoms with Gasteiger partial charge in [0.2, 0.25) is 0 Å². The Labute approximate surface area is 160 Å². The van der Waals surface area contributed by atoms with E-state index in [0.717, 1.165) is 23.9 Å². The first-order valence-corrected chi connectivity index (χ1v) is 8.92. The van der Waals surface area contributed by atoms with E-state index >= 15 is 0 Å². The number of nitrogens with one attached hydrogen (secondary N) is 1. The highest BCUT2D eigenvalue weighted by Crippen LogP contribution is 2.45. The molecule has 3 N–H and O–H groups in total. The second kappa shape index (κ2) is 7.19. The standard InChI is InChI=1S/C21H18N2O5/c24-17(25)11-22-21(27)19-20(26)16-10-14(28-13-4-2-1-3-5-13)8-9-15(16)18(23-19)12-6-7-12/h1-5,8-10,12,26H,6-7,11H2,(H,22,27)(H,24,25). The maximum Gasteiger partial charge on any atom is 0.322 e. The van der Waals surface area contributed by atoms with E-state index in [0.29, 0.717) is 16.9 Å². The summed E-state index contributed by atoms with van der Waals surface area (Å²) in [6, 6.07) is 14.5. The minimum absolute atomic E-state index is 0.174. The molecule has 7 heteroatoms. The van der Waals surface area contributed by atoms with Crippen molar-refractivity contribution in [1.82, 2.24) is 10.3 Å². The Bertz CT molecular complexity index is 1060. The van der Waals surface area contributed by atoms with E-state index in [-0.39, 0.29) is 17.4 Å². The molecule has 0 bridgehead atoms. The lowest BCUT2D eigenvalue weighted by Crippen LogP contribution is -2.30. The molecule has 0 spiro atoms. The molecule has 1 aliphatic rings. The quantitative estimate of drug-likeness (QED) is 0.606. The molecule has 0 unspecified atom stereocenters. The third-order valence-electron chi connectivity index (χ3n) is 4.54. The van der Waals surface area contributed by atoms with Crippen molar-refractivity contribution in [3.05, 3.63) is 59.9 Å². The second-order valence-corrected chi connectivity index (χ2v) is 6.67. The van der Waals surface area contributed by atoms with Gasteiger partial charge in [0.05, 0.1) is 5.69 Å². The molecule has 0 atom stereocenters. The van der Waals surface area contributed by atoms with Gasteiger partial charge in [0.15, 0.2) is 11.4 Å². The third kappa shape index (κ3) is 3.59. The van der Waals surface area contributed by atoms with Crippen molar-refractivity contribution in [2.45, 2.75) is 18.8 Å². The van der Waals surface area contributed by atoms with Gasteiger partial charge in [-0.25, -0.2) is 4.98 Å². The number of rotatable bonds is 6. The second-order valence-electron chi connectivity index (χ2n) is 6.67. The van der Waals surface area contributed by atoms with Crippen LogP contribution in [0.3, 0.4) is 0 Å². The number of benzene rings is 2. The fourth-order valence-electron chi connectivity index (χ4n) is 3.06. The first kappa shape index (κ1) is 17.8. The monoisotopic (exact) mass is 378 g/mol. The Hall–Kier alpha value is -3.61. The van der Waals surface area contributed by atoms with E-state index in [1.54, 1.807) is 12.1 Å². The van der Waals surface area contributed by atoms with Crippen LogP contribution in [0.25, 0.3) is 10.8 Å². The summed E-state index contributed by atoms with van der Waals surface area (Å²) in [4.78, 5) is 27.4. The Morgan fingerprint density at radius 3 is 2.50 bits per heavy atom. The van der Waals surface area contributed by atoms with Crippen LogP contribution in [0, 0.1) is 0 Å². The molecule has 0 radical (unpaired) electrons. The number of carbonyl (C=O) groups excluding carboxylic acids is 1. The summed E-state index contributed by atoms with van der Waals surface area (Å²) in [5, 5.41) is 22.9. The minimum atomic E-state index is -1.17. The summed E-state index contributed by atoms with van der Waals surface area (Å²) in [6.07, 6.45) is 1.93. The van der Waals surface area contributed by atoms with Crippen molar-refractivity contribution in [3.63, 3.8) is 0 Å². The maximum atomic E-state index is 12.4. The van der Waals surface area contributed by atoms with Gasteiger partial charge in [-0.2, -0.15) is 0 Å². The van der Waals surface area contributed by atoms with Crippen LogP contribution >= 0.6 is 0 Å². The van der Waals surface area contributed by atoms with Crippen LogP contribution in [0.1, 0.15) is 34.9 Å². The van der Waals surface area contributed by atoms with Gasteiger partial charge in [-0.05, 0) is 43.2 Å². The normalized spacial score (nSPS) is 13.3. The summed E-state index contributed by atoms with van der Waals surface area (Å²) < 4.78 is 5.83. The van der Waals surface area contributed by atoms with Crippen molar-refractivity contribution >= 4 is 22.6 Å². The van der Waals surface area contributed by atoms with Crippen LogP contribution < -0.4 is 10.1 Å². The third-order valence-corrected chi connectivity index (χ3v) is 4.54. The number of hydrogen-bond acceptors (Lipinski definition) is 5. The summed E-state index contributed by atoms with van der Waals surface area (Å²) in [6.45, 7) is -0.548. The summed E-state index contributed by atoms with van der Waals surface area (Å²) in [5.74, 6) is -0.792. The lowest BCUT2D eigenvalue weighted by atomic mass is 10.0. The maximum absolute atomic E-state index is 12.4. The number of nitrogens with zero attached hydrogens (tertiary/aromatic N) is 1. The molecule has 1 heterocycles. The molecule has 1 fully saturated rings. The highest BCUT2D eigenvalue weighted by Gasteiger charge is 2.30. The van der Waals surface area contributed by atoms with Crippen LogP contribution in [0.4, 0.5) is 0 Å². The molecule has 1 saturated carbocycles. The molecular formula is C21H18N2O5. The minimum Gasteiger partial charge on any atom is -0.505 e. The van der Waals surface area contributed by atoms with Crippen molar-refractivity contribution < 1.29 is 24.5 Å². The first-order chi connectivity index (χ1) is 13.5. The van der Waals surface area contributed by atoms with E-state index in [1.165, 1.54) is 0 Å². The van der Waals surface area contributed by atoms with Crippen molar-refractivity contribution in [2.75, 3.05) is 6.54 Å².